The maximum atomic E-state index is 12.1. The zero-order valence-corrected chi connectivity index (χ0v) is 12.7. The van der Waals surface area contributed by atoms with Crippen LogP contribution in [0, 0.1) is 0 Å². The van der Waals surface area contributed by atoms with Gasteiger partial charge in [-0.05, 0) is 18.6 Å². The molecule has 1 aromatic heterocycles. The van der Waals surface area contributed by atoms with E-state index in [4.69, 9.17) is 4.74 Å². The van der Waals surface area contributed by atoms with E-state index >= 15 is 0 Å². The number of para-hydroxylation sites is 1. The molecule has 2 aromatic rings. The number of hydrogen-bond donors (Lipinski definition) is 1. The molecule has 1 heterocycles. The quantitative estimate of drug-likeness (QED) is 0.876. The van der Waals surface area contributed by atoms with E-state index < -0.39 is 0 Å². The number of carbonyl (C=O) groups excluding carboxylic acids is 1. The fourth-order valence-electron chi connectivity index (χ4n) is 2.02. The highest BCUT2D eigenvalue weighted by Crippen LogP contribution is 2.26. The molecule has 0 fully saturated rings. The van der Waals surface area contributed by atoms with Gasteiger partial charge in [-0.25, -0.2) is 4.98 Å². The molecule has 0 spiro atoms. The zero-order chi connectivity index (χ0) is 15.9. The Morgan fingerprint density at radius 3 is 2.82 bits per heavy atom. The molecular weight excluding hydrogens is 282 g/mol. The number of carbonyl (C=O) groups is 1. The van der Waals surface area contributed by atoms with Gasteiger partial charge < -0.3 is 10.1 Å². The van der Waals surface area contributed by atoms with E-state index in [2.05, 4.69) is 10.3 Å². The van der Waals surface area contributed by atoms with Crippen molar-refractivity contribution in [3.05, 3.63) is 47.0 Å². The summed E-state index contributed by atoms with van der Waals surface area (Å²) >= 11 is 0. The largest absolute Gasteiger partial charge is 0.496 e. The Labute approximate surface area is 128 Å². The molecule has 0 aliphatic carbocycles. The lowest BCUT2D eigenvalue weighted by atomic mass is 10.1. The van der Waals surface area contributed by atoms with E-state index in [1.807, 2.05) is 25.1 Å². The Hall–Kier alpha value is -2.63. The minimum absolute atomic E-state index is 0.0297. The molecule has 0 saturated carbocycles. The van der Waals surface area contributed by atoms with Gasteiger partial charge in [0.1, 0.15) is 12.3 Å². The van der Waals surface area contributed by atoms with Crippen LogP contribution < -0.4 is 15.6 Å². The minimum Gasteiger partial charge on any atom is -0.496 e. The number of ether oxygens (including phenoxy) is 1. The van der Waals surface area contributed by atoms with Crippen molar-refractivity contribution >= 4 is 5.91 Å². The Kier molecular flexibility index (Phi) is 5.30. The van der Waals surface area contributed by atoms with Crippen molar-refractivity contribution in [3.63, 3.8) is 0 Å². The van der Waals surface area contributed by atoms with E-state index in [0.717, 1.165) is 12.0 Å². The van der Waals surface area contributed by atoms with Crippen LogP contribution in [0.15, 0.2) is 41.5 Å². The molecule has 0 aliphatic rings. The summed E-state index contributed by atoms with van der Waals surface area (Å²) in [4.78, 5) is 28.0. The Morgan fingerprint density at radius 1 is 1.36 bits per heavy atom. The van der Waals surface area contributed by atoms with Crippen molar-refractivity contribution in [2.24, 2.45) is 0 Å². The highest BCUT2D eigenvalue weighted by atomic mass is 16.5. The minimum atomic E-state index is -0.275. The molecule has 2 rings (SSSR count). The summed E-state index contributed by atoms with van der Waals surface area (Å²) in [6.45, 7) is 2.54. The van der Waals surface area contributed by atoms with E-state index in [1.165, 1.54) is 17.0 Å². The summed E-state index contributed by atoms with van der Waals surface area (Å²) < 4.78 is 6.55. The van der Waals surface area contributed by atoms with E-state index in [0.29, 0.717) is 18.0 Å². The third kappa shape index (κ3) is 3.72. The number of methoxy groups -OCH3 is 1. The second-order valence-electron chi connectivity index (χ2n) is 4.79. The Morgan fingerprint density at radius 2 is 2.14 bits per heavy atom. The lowest BCUT2D eigenvalue weighted by Gasteiger charge is -2.09. The van der Waals surface area contributed by atoms with Crippen molar-refractivity contribution < 1.29 is 9.53 Å². The summed E-state index contributed by atoms with van der Waals surface area (Å²) in [5.74, 6) is 0.448. The third-order valence-corrected chi connectivity index (χ3v) is 3.15. The smallest absolute Gasteiger partial charge is 0.254 e. The number of hydrogen-bond acceptors (Lipinski definition) is 4. The summed E-state index contributed by atoms with van der Waals surface area (Å²) in [5.41, 5.74) is 0.986. The lowest BCUT2D eigenvalue weighted by molar-refractivity contribution is -0.121. The molecule has 0 aliphatic heterocycles. The van der Waals surface area contributed by atoms with Crippen LogP contribution in [-0.2, 0) is 11.3 Å². The molecule has 6 nitrogen and oxygen atoms in total. The summed E-state index contributed by atoms with van der Waals surface area (Å²) in [7, 11) is 1.57. The first-order valence-corrected chi connectivity index (χ1v) is 7.12. The topological polar surface area (TPSA) is 73.2 Å². The highest BCUT2D eigenvalue weighted by molar-refractivity contribution is 5.75. The van der Waals surface area contributed by atoms with Gasteiger partial charge in [-0.3, -0.25) is 14.2 Å². The Balaban J connectivity index is 2.23. The maximum absolute atomic E-state index is 12.1. The molecule has 22 heavy (non-hydrogen) atoms. The first kappa shape index (κ1) is 15.8. The SMILES string of the molecule is CCCNC(=O)Cn1cnc(-c2ccccc2OC)cc1=O. The Bertz CT molecular complexity index is 710. The van der Waals surface area contributed by atoms with Gasteiger partial charge in [0.15, 0.2) is 0 Å². The summed E-state index contributed by atoms with van der Waals surface area (Å²) in [6, 6.07) is 8.75. The van der Waals surface area contributed by atoms with Crippen molar-refractivity contribution in [3.8, 4) is 17.0 Å². The van der Waals surface area contributed by atoms with Crippen LogP contribution in [0.1, 0.15) is 13.3 Å². The first-order chi connectivity index (χ1) is 10.7. The highest BCUT2D eigenvalue weighted by Gasteiger charge is 2.09. The van der Waals surface area contributed by atoms with Gasteiger partial charge in [0.05, 0.1) is 19.1 Å². The molecule has 1 aromatic carbocycles. The van der Waals surface area contributed by atoms with Crippen molar-refractivity contribution in [1.29, 1.82) is 0 Å². The average molecular weight is 301 g/mol. The second kappa shape index (κ2) is 7.40. The fraction of sp³-hybridized carbons (Fsp3) is 0.312. The molecule has 1 N–H and O–H groups in total. The van der Waals surface area contributed by atoms with Gasteiger partial charge >= 0.3 is 0 Å². The lowest BCUT2D eigenvalue weighted by Crippen LogP contribution is -2.32. The molecule has 0 unspecified atom stereocenters. The molecule has 0 radical (unpaired) electrons. The number of amides is 1. The number of benzene rings is 1. The summed E-state index contributed by atoms with van der Waals surface area (Å²) in [6.07, 6.45) is 2.24. The predicted molar refractivity (Wildman–Crippen MR) is 83.8 cm³/mol. The van der Waals surface area contributed by atoms with E-state index in [9.17, 15) is 9.59 Å². The van der Waals surface area contributed by atoms with Crippen LogP contribution in [0.4, 0.5) is 0 Å². The molecular formula is C16H19N3O3. The second-order valence-corrected chi connectivity index (χ2v) is 4.79. The van der Waals surface area contributed by atoms with Crippen molar-refractivity contribution in [2.75, 3.05) is 13.7 Å². The monoisotopic (exact) mass is 301 g/mol. The molecule has 0 atom stereocenters. The standard InChI is InChI=1S/C16H19N3O3/c1-3-8-17-15(20)10-19-11-18-13(9-16(19)21)12-6-4-5-7-14(12)22-2/h4-7,9,11H,3,8,10H2,1-2H3,(H,17,20). The number of aromatic nitrogens is 2. The maximum Gasteiger partial charge on any atom is 0.254 e. The fourth-order valence-corrected chi connectivity index (χ4v) is 2.02. The molecule has 0 saturated heterocycles. The van der Waals surface area contributed by atoms with Gasteiger partial charge in [0.2, 0.25) is 5.91 Å². The van der Waals surface area contributed by atoms with Gasteiger partial charge in [0, 0.05) is 18.2 Å². The van der Waals surface area contributed by atoms with Crippen molar-refractivity contribution in [1.82, 2.24) is 14.9 Å². The van der Waals surface area contributed by atoms with Gasteiger partial charge in [-0.2, -0.15) is 0 Å². The molecule has 6 heteroatoms. The molecule has 0 bridgehead atoms. The predicted octanol–water partition coefficient (Wildman–Crippen LogP) is 1.45. The van der Waals surface area contributed by atoms with Crippen LogP contribution in [0.3, 0.4) is 0 Å². The van der Waals surface area contributed by atoms with Crippen LogP contribution in [0.5, 0.6) is 5.75 Å². The van der Waals surface area contributed by atoms with Gasteiger partial charge in [0.25, 0.3) is 5.56 Å². The number of nitrogens with zero attached hydrogens (tertiary/aromatic N) is 2. The normalized spacial score (nSPS) is 10.3. The van der Waals surface area contributed by atoms with Crippen LogP contribution in [0.2, 0.25) is 0 Å². The number of rotatable bonds is 6. The van der Waals surface area contributed by atoms with Crippen molar-refractivity contribution in [2.45, 2.75) is 19.9 Å². The number of nitrogens with one attached hydrogen (secondary N) is 1. The van der Waals surface area contributed by atoms with Crippen LogP contribution in [0.25, 0.3) is 11.3 Å². The third-order valence-electron chi connectivity index (χ3n) is 3.15. The molecule has 116 valence electrons. The van der Waals surface area contributed by atoms with Crippen LogP contribution >= 0.6 is 0 Å². The van der Waals surface area contributed by atoms with Gasteiger partial charge in [-0.15, -0.1) is 0 Å². The van der Waals surface area contributed by atoms with Gasteiger partial charge in [-0.1, -0.05) is 19.1 Å². The summed E-state index contributed by atoms with van der Waals surface area (Å²) in [5, 5.41) is 2.73. The molecule has 1 amide bonds. The average Bonchev–Trinajstić information content (AvgIpc) is 2.54. The van der Waals surface area contributed by atoms with E-state index in [1.54, 1.807) is 13.2 Å². The first-order valence-electron chi connectivity index (χ1n) is 7.12. The zero-order valence-electron chi connectivity index (χ0n) is 12.7. The van der Waals surface area contributed by atoms with Crippen LogP contribution in [-0.4, -0.2) is 29.1 Å². The van der Waals surface area contributed by atoms with E-state index in [-0.39, 0.29) is 18.0 Å².